The quantitative estimate of drug-likeness (QED) is 0.464. The van der Waals surface area contributed by atoms with Crippen molar-refractivity contribution in [2.75, 3.05) is 32.1 Å². The number of thiophene rings is 1. The molecule has 0 aliphatic carbocycles. The van der Waals surface area contributed by atoms with Gasteiger partial charge in [0.15, 0.2) is 5.96 Å². The highest BCUT2D eigenvalue weighted by Crippen LogP contribution is 2.24. The number of guanidine groups is 1. The van der Waals surface area contributed by atoms with Gasteiger partial charge in [0.2, 0.25) is 0 Å². The SMILES string of the molecule is CN=C(NCc1cc(C(=O)OC)c(C)o1)NC1CCN(c2cccs2)CC1. The average molecular weight is 391 g/mol. The molecule has 0 amide bonds. The van der Waals surface area contributed by atoms with Crippen LogP contribution >= 0.6 is 11.3 Å². The molecule has 2 aromatic rings. The number of nitrogens with one attached hydrogen (secondary N) is 2. The Morgan fingerprint density at radius 2 is 2.22 bits per heavy atom. The van der Waals surface area contributed by atoms with Gasteiger partial charge in [-0.15, -0.1) is 11.3 Å². The molecule has 0 unspecified atom stereocenters. The topological polar surface area (TPSA) is 79.1 Å². The van der Waals surface area contributed by atoms with E-state index < -0.39 is 0 Å². The summed E-state index contributed by atoms with van der Waals surface area (Å²) in [7, 11) is 3.12. The minimum Gasteiger partial charge on any atom is -0.465 e. The smallest absolute Gasteiger partial charge is 0.341 e. The third-order valence-corrected chi connectivity index (χ3v) is 5.61. The van der Waals surface area contributed by atoms with Gasteiger partial charge in [-0.1, -0.05) is 0 Å². The van der Waals surface area contributed by atoms with Gasteiger partial charge in [0.1, 0.15) is 17.1 Å². The fourth-order valence-corrected chi connectivity index (χ4v) is 3.98. The lowest BCUT2D eigenvalue weighted by Gasteiger charge is -2.33. The van der Waals surface area contributed by atoms with E-state index in [1.165, 1.54) is 12.1 Å². The van der Waals surface area contributed by atoms with E-state index in [1.807, 2.05) is 0 Å². The van der Waals surface area contributed by atoms with Crippen molar-refractivity contribution in [2.45, 2.75) is 32.4 Å². The number of furan rings is 1. The summed E-state index contributed by atoms with van der Waals surface area (Å²) in [4.78, 5) is 18.4. The highest BCUT2D eigenvalue weighted by molar-refractivity contribution is 7.14. The van der Waals surface area contributed by atoms with Gasteiger partial charge in [-0.25, -0.2) is 4.79 Å². The van der Waals surface area contributed by atoms with Crippen LogP contribution in [0.2, 0.25) is 0 Å². The second kappa shape index (κ2) is 8.94. The summed E-state index contributed by atoms with van der Waals surface area (Å²) in [6.45, 7) is 4.28. The van der Waals surface area contributed by atoms with Crippen molar-refractivity contribution in [3.8, 4) is 0 Å². The average Bonchev–Trinajstić information content (AvgIpc) is 3.35. The minimum atomic E-state index is -0.387. The lowest BCUT2D eigenvalue weighted by Crippen LogP contribution is -2.48. The molecule has 7 nitrogen and oxygen atoms in total. The van der Waals surface area contributed by atoms with E-state index >= 15 is 0 Å². The Bertz CT molecular complexity index is 777. The van der Waals surface area contributed by atoms with Crippen LogP contribution in [-0.4, -0.2) is 45.2 Å². The van der Waals surface area contributed by atoms with Crippen molar-refractivity contribution in [3.63, 3.8) is 0 Å². The molecule has 2 N–H and O–H groups in total. The summed E-state index contributed by atoms with van der Waals surface area (Å²) < 4.78 is 10.4. The van der Waals surface area contributed by atoms with Gasteiger partial charge in [0.25, 0.3) is 0 Å². The molecule has 3 heterocycles. The fraction of sp³-hybridized carbons (Fsp3) is 0.474. The van der Waals surface area contributed by atoms with Crippen LogP contribution in [0.3, 0.4) is 0 Å². The maximum atomic E-state index is 11.7. The second-order valence-electron chi connectivity index (χ2n) is 6.46. The fourth-order valence-electron chi connectivity index (χ4n) is 3.20. The van der Waals surface area contributed by atoms with Gasteiger partial charge in [-0.3, -0.25) is 4.99 Å². The molecule has 0 aromatic carbocycles. The number of hydrogen-bond donors (Lipinski definition) is 2. The maximum Gasteiger partial charge on any atom is 0.341 e. The summed E-state index contributed by atoms with van der Waals surface area (Å²) in [6.07, 6.45) is 2.12. The van der Waals surface area contributed by atoms with Crippen LogP contribution in [0, 0.1) is 6.92 Å². The molecule has 1 fully saturated rings. The van der Waals surface area contributed by atoms with Gasteiger partial charge < -0.3 is 24.7 Å². The zero-order valence-electron chi connectivity index (χ0n) is 15.9. The third kappa shape index (κ3) is 4.82. The van der Waals surface area contributed by atoms with E-state index in [4.69, 9.17) is 9.15 Å². The molecule has 146 valence electrons. The molecule has 2 aromatic heterocycles. The highest BCUT2D eigenvalue weighted by Gasteiger charge is 2.21. The Morgan fingerprint density at radius 3 is 2.85 bits per heavy atom. The zero-order valence-corrected chi connectivity index (χ0v) is 16.8. The molecule has 0 bridgehead atoms. The number of piperidine rings is 1. The monoisotopic (exact) mass is 390 g/mol. The van der Waals surface area contributed by atoms with Crippen LogP contribution in [0.25, 0.3) is 0 Å². The third-order valence-electron chi connectivity index (χ3n) is 4.68. The summed E-state index contributed by atoms with van der Waals surface area (Å²) in [5.41, 5.74) is 0.457. The Hall–Kier alpha value is -2.48. The molecule has 0 atom stereocenters. The van der Waals surface area contributed by atoms with Gasteiger partial charge in [0, 0.05) is 26.2 Å². The Labute approximate surface area is 163 Å². The van der Waals surface area contributed by atoms with Crippen LogP contribution in [-0.2, 0) is 11.3 Å². The van der Waals surface area contributed by atoms with Gasteiger partial charge >= 0.3 is 5.97 Å². The number of aliphatic imine (C=N–C) groups is 1. The largest absolute Gasteiger partial charge is 0.465 e. The Kier molecular flexibility index (Phi) is 6.39. The molecular weight excluding hydrogens is 364 g/mol. The number of carbonyl (C=O) groups excluding carboxylic acids is 1. The van der Waals surface area contributed by atoms with Gasteiger partial charge in [-0.2, -0.15) is 0 Å². The number of ether oxygens (including phenoxy) is 1. The molecule has 0 radical (unpaired) electrons. The number of anilines is 1. The summed E-state index contributed by atoms with van der Waals surface area (Å²) in [6, 6.07) is 6.36. The maximum absolute atomic E-state index is 11.7. The van der Waals surface area contributed by atoms with Gasteiger partial charge in [-0.05, 0) is 43.3 Å². The summed E-state index contributed by atoms with van der Waals surface area (Å²) in [5, 5.41) is 10.2. The summed E-state index contributed by atoms with van der Waals surface area (Å²) in [5.74, 6) is 1.58. The molecule has 1 aliphatic heterocycles. The summed E-state index contributed by atoms with van der Waals surface area (Å²) >= 11 is 1.79. The number of hydrogen-bond acceptors (Lipinski definition) is 6. The van der Waals surface area contributed by atoms with E-state index in [9.17, 15) is 4.79 Å². The van der Waals surface area contributed by atoms with E-state index in [-0.39, 0.29) is 5.97 Å². The molecule has 8 heteroatoms. The predicted octanol–water partition coefficient (Wildman–Crippen LogP) is 2.77. The van der Waals surface area contributed by atoms with E-state index in [1.54, 1.807) is 31.4 Å². The Balaban J connectivity index is 1.48. The van der Waals surface area contributed by atoms with Crippen molar-refractivity contribution in [1.29, 1.82) is 0 Å². The van der Waals surface area contributed by atoms with Crippen LogP contribution < -0.4 is 15.5 Å². The first-order valence-corrected chi connectivity index (χ1v) is 9.92. The van der Waals surface area contributed by atoms with Crippen LogP contribution in [0.15, 0.2) is 33.0 Å². The van der Waals surface area contributed by atoms with Crippen LogP contribution in [0.1, 0.15) is 34.7 Å². The lowest BCUT2D eigenvalue weighted by atomic mass is 10.1. The normalized spacial score (nSPS) is 15.7. The van der Waals surface area contributed by atoms with E-state index in [0.29, 0.717) is 29.7 Å². The number of carbonyl (C=O) groups is 1. The van der Waals surface area contributed by atoms with Crippen LogP contribution in [0.5, 0.6) is 0 Å². The molecule has 1 saturated heterocycles. The number of rotatable bonds is 5. The van der Waals surface area contributed by atoms with Crippen molar-refractivity contribution in [3.05, 3.63) is 40.7 Å². The minimum absolute atomic E-state index is 0.386. The van der Waals surface area contributed by atoms with Crippen molar-refractivity contribution in [2.24, 2.45) is 4.99 Å². The molecule has 3 rings (SSSR count). The Morgan fingerprint density at radius 1 is 1.44 bits per heavy atom. The van der Waals surface area contributed by atoms with Crippen molar-refractivity contribution < 1.29 is 13.9 Å². The van der Waals surface area contributed by atoms with E-state index in [2.05, 4.69) is 38.0 Å². The second-order valence-corrected chi connectivity index (χ2v) is 7.38. The zero-order chi connectivity index (χ0) is 19.2. The predicted molar refractivity (Wildman–Crippen MR) is 108 cm³/mol. The van der Waals surface area contributed by atoms with Gasteiger partial charge in [0.05, 0.1) is 18.7 Å². The van der Waals surface area contributed by atoms with E-state index in [0.717, 1.165) is 31.9 Å². The molecular formula is C19H26N4O3S. The highest BCUT2D eigenvalue weighted by atomic mass is 32.1. The van der Waals surface area contributed by atoms with Crippen LogP contribution in [0.4, 0.5) is 5.00 Å². The first-order chi connectivity index (χ1) is 13.1. The lowest BCUT2D eigenvalue weighted by molar-refractivity contribution is 0.0599. The number of nitrogens with zero attached hydrogens (tertiary/aromatic N) is 2. The number of methoxy groups -OCH3 is 1. The molecule has 0 saturated carbocycles. The number of esters is 1. The first-order valence-electron chi connectivity index (χ1n) is 9.04. The standard InChI is InChI=1S/C19H26N4O3S/c1-13-16(18(24)25-3)11-15(26-13)12-21-19(20-2)22-14-6-8-23(9-7-14)17-5-4-10-27-17/h4-5,10-11,14H,6-9,12H2,1-3H3,(H2,20,21,22). The molecule has 1 aliphatic rings. The number of aryl methyl sites for hydroxylation is 1. The van der Waals surface area contributed by atoms with Crippen molar-refractivity contribution in [1.82, 2.24) is 10.6 Å². The van der Waals surface area contributed by atoms with Crippen molar-refractivity contribution >= 4 is 28.3 Å². The first kappa shape index (κ1) is 19.3. The molecule has 0 spiro atoms. The molecule has 27 heavy (non-hydrogen) atoms.